The molecule has 1 aromatic carbocycles. The molecule has 1 heterocycles. The molecule has 0 saturated carbocycles. The van der Waals surface area contributed by atoms with Crippen LogP contribution in [0.25, 0.3) is 0 Å². The molecule has 0 aliphatic carbocycles. The van der Waals surface area contributed by atoms with Gasteiger partial charge >= 0.3 is 5.97 Å². The molecule has 1 aromatic rings. The fourth-order valence-electron chi connectivity index (χ4n) is 1.78. The minimum atomic E-state index is -1.09. The van der Waals surface area contributed by atoms with Crippen molar-refractivity contribution in [1.29, 1.82) is 0 Å². The number of aryl methyl sites for hydroxylation is 1. The Morgan fingerprint density at radius 3 is 2.94 bits per heavy atom. The lowest BCUT2D eigenvalue weighted by Crippen LogP contribution is -2.30. The van der Waals surface area contributed by atoms with Crippen LogP contribution in [0.2, 0.25) is 0 Å². The van der Waals surface area contributed by atoms with E-state index in [2.05, 4.69) is 0 Å². The average molecular weight is 253 g/mol. The third-order valence-electron chi connectivity index (χ3n) is 2.76. The van der Waals surface area contributed by atoms with Gasteiger partial charge in [-0.2, -0.15) is 0 Å². The van der Waals surface area contributed by atoms with E-state index in [0.29, 0.717) is 11.3 Å². The molecule has 0 radical (unpaired) electrons. The van der Waals surface area contributed by atoms with Gasteiger partial charge in [-0.3, -0.25) is 14.5 Å². The van der Waals surface area contributed by atoms with Gasteiger partial charge in [-0.15, -0.1) is 0 Å². The fourth-order valence-corrected chi connectivity index (χ4v) is 1.78. The summed E-state index contributed by atoms with van der Waals surface area (Å²) in [5.41, 5.74) is 0.925. The molecule has 1 fully saturated rings. The van der Waals surface area contributed by atoms with Gasteiger partial charge in [-0.1, -0.05) is 0 Å². The highest BCUT2D eigenvalue weighted by Gasteiger charge is 2.35. The van der Waals surface area contributed by atoms with Crippen molar-refractivity contribution in [2.75, 3.05) is 11.6 Å². The van der Waals surface area contributed by atoms with Crippen LogP contribution in [-0.4, -0.2) is 29.8 Å². The first-order valence-corrected chi connectivity index (χ1v) is 5.40. The first-order chi connectivity index (χ1) is 8.49. The Morgan fingerprint density at radius 1 is 1.61 bits per heavy atom. The summed E-state index contributed by atoms with van der Waals surface area (Å²) in [6, 6.07) is 4.26. The number of hydrogen-bond acceptors (Lipinski definition) is 3. The quantitative estimate of drug-likeness (QED) is 0.881. The molecular weight excluding hydrogens is 241 g/mol. The number of aliphatic carboxylic acids is 1. The molecule has 5 nitrogen and oxygen atoms in total. The smallest absolute Gasteiger partial charge is 0.306 e. The Bertz CT molecular complexity index is 503. The molecule has 1 N–H and O–H groups in total. The van der Waals surface area contributed by atoms with Crippen molar-refractivity contribution in [2.24, 2.45) is 0 Å². The molecule has 18 heavy (non-hydrogen) atoms. The molecule has 1 atom stereocenters. The molecule has 1 unspecified atom stereocenters. The summed E-state index contributed by atoms with van der Waals surface area (Å²) >= 11 is 0. The van der Waals surface area contributed by atoms with E-state index in [-0.39, 0.29) is 19.0 Å². The maximum absolute atomic E-state index is 13.1. The number of anilines is 1. The Labute approximate surface area is 103 Å². The monoisotopic (exact) mass is 253 g/mol. The molecule has 0 spiro atoms. The number of halogens is 1. The Balaban J connectivity index is 2.18. The van der Waals surface area contributed by atoms with Crippen LogP contribution in [0.3, 0.4) is 0 Å². The van der Waals surface area contributed by atoms with Crippen molar-refractivity contribution < 1.29 is 23.8 Å². The van der Waals surface area contributed by atoms with Crippen molar-refractivity contribution in [2.45, 2.75) is 19.4 Å². The zero-order chi connectivity index (χ0) is 13.3. The fraction of sp³-hybridized carbons (Fsp3) is 0.333. The number of hydrogen-bond donors (Lipinski definition) is 1. The van der Waals surface area contributed by atoms with Gasteiger partial charge in [0.2, 0.25) is 0 Å². The minimum Gasteiger partial charge on any atom is -0.481 e. The second kappa shape index (κ2) is 4.73. The molecule has 0 bridgehead atoms. The van der Waals surface area contributed by atoms with Crippen LogP contribution in [-0.2, 0) is 14.3 Å². The number of ether oxygens (including phenoxy) is 1. The molecule has 1 aliphatic heterocycles. The molecule has 1 amide bonds. The lowest BCUT2D eigenvalue weighted by molar-refractivity contribution is -0.142. The highest BCUT2D eigenvalue weighted by Crippen LogP contribution is 2.24. The van der Waals surface area contributed by atoms with E-state index in [0.717, 1.165) is 0 Å². The first kappa shape index (κ1) is 12.5. The number of amides is 1. The Kier molecular flexibility index (Phi) is 3.29. The molecule has 1 saturated heterocycles. The number of rotatable bonds is 3. The highest BCUT2D eigenvalue weighted by molar-refractivity contribution is 5.99. The van der Waals surface area contributed by atoms with Crippen molar-refractivity contribution in [3.8, 4) is 0 Å². The van der Waals surface area contributed by atoms with Crippen LogP contribution in [0.15, 0.2) is 18.2 Å². The number of benzene rings is 1. The van der Waals surface area contributed by atoms with Gasteiger partial charge in [-0.25, -0.2) is 4.39 Å². The SMILES string of the molecule is Cc1cc(N2COC(CC(=O)O)C2=O)ccc1F. The molecule has 96 valence electrons. The highest BCUT2D eigenvalue weighted by atomic mass is 19.1. The number of carbonyl (C=O) groups is 2. The zero-order valence-electron chi connectivity index (χ0n) is 9.72. The molecule has 2 rings (SSSR count). The largest absolute Gasteiger partial charge is 0.481 e. The predicted molar refractivity (Wildman–Crippen MR) is 60.6 cm³/mol. The van der Waals surface area contributed by atoms with Gasteiger partial charge in [0, 0.05) is 5.69 Å². The number of carboxylic acids is 1. The van der Waals surface area contributed by atoms with Gasteiger partial charge in [0.1, 0.15) is 18.7 Å². The standard InChI is InChI=1S/C12H12FNO4/c1-7-4-8(2-3-9(7)13)14-6-18-10(12(14)17)5-11(15)16/h2-4,10H,5-6H2,1H3,(H,15,16). The van der Waals surface area contributed by atoms with E-state index >= 15 is 0 Å². The summed E-state index contributed by atoms with van der Waals surface area (Å²) in [5.74, 6) is -1.86. The van der Waals surface area contributed by atoms with E-state index in [1.807, 2.05) is 0 Å². The lowest BCUT2D eigenvalue weighted by Gasteiger charge is -2.14. The van der Waals surface area contributed by atoms with Crippen LogP contribution < -0.4 is 4.90 Å². The molecule has 0 aromatic heterocycles. The van der Waals surface area contributed by atoms with Gasteiger partial charge in [0.25, 0.3) is 5.91 Å². The van der Waals surface area contributed by atoms with Crippen LogP contribution in [0.4, 0.5) is 10.1 Å². The zero-order valence-corrected chi connectivity index (χ0v) is 9.72. The van der Waals surface area contributed by atoms with E-state index < -0.39 is 18.0 Å². The minimum absolute atomic E-state index is 0.0121. The van der Waals surface area contributed by atoms with E-state index in [4.69, 9.17) is 9.84 Å². The van der Waals surface area contributed by atoms with Crippen LogP contribution in [0, 0.1) is 12.7 Å². The van der Waals surface area contributed by atoms with Crippen molar-refractivity contribution in [3.63, 3.8) is 0 Å². The molecule has 6 heteroatoms. The van der Waals surface area contributed by atoms with Crippen LogP contribution >= 0.6 is 0 Å². The lowest BCUT2D eigenvalue weighted by atomic mass is 10.2. The topological polar surface area (TPSA) is 66.8 Å². The van der Waals surface area contributed by atoms with E-state index in [9.17, 15) is 14.0 Å². The maximum Gasteiger partial charge on any atom is 0.306 e. The van der Waals surface area contributed by atoms with E-state index in [1.54, 1.807) is 6.92 Å². The Morgan fingerprint density at radius 2 is 2.33 bits per heavy atom. The van der Waals surface area contributed by atoms with Crippen molar-refractivity contribution in [1.82, 2.24) is 0 Å². The summed E-state index contributed by atoms with van der Waals surface area (Å²) in [6.45, 7) is 1.58. The first-order valence-electron chi connectivity index (χ1n) is 5.40. The second-order valence-electron chi connectivity index (χ2n) is 4.08. The van der Waals surface area contributed by atoms with Gasteiger partial charge in [0.15, 0.2) is 0 Å². The summed E-state index contributed by atoms with van der Waals surface area (Å²) in [6.07, 6.45) is -1.33. The molecule has 1 aliphatic rings. The van der Waals surface area contributed by atoms with E-state index in [1.165, 1.54) is 23.1 Å². The van der Waals surface area contributed by atoms with Crippen molar-refractivity contribution >= 4 is 17.6 Å². The maximum atomic E-state index is 13.1. The number of carboxylic acid groups (broad SMARTS) is 1. The summed E-state index contributed by atoms with van der Waals surface area (Å²) in [5, 5.41) is 8.63. The van der Waals surface area contributed by atoms with Crippen molar-refractivity contribution in [3.05, 3.63) is 29.6 Å². The van der Waals surface area contributed by atoms with Crippen LogP contribution in [0.5, 0.6) is 0 Å². The summed E-state index contributed by atoms with van der Waals surface area (Å²) in [7, 11) is 0. The number of nitrogens with zero attached hydrogens (tertiary/aromatic N) is 1. The van der Waals surface area contributed by atoms with Gasteiger partial charge in [-0.05, 0) is 30.7 Å². The predicted octanol–water partition coefficient (Wildman–Crippen LogP) is 1.30. The normalized spacial score (nSPS) is 19.3. The summed E-state index contributed by atoms with van der Waals surface area (Å²) in [4.78, 5) is 23.7. The average Bonchev–Trinajstić information content (AvgIpc) is 2.64. The van der Waals surface area contributed by atoms with Gasteiger partial charge < -0.3 is 9.84 Å². The third-order valence-corrected chi connectivity index (χ3v) is 2.76. The molecular formula is C12H12FNO4. The second-order valence-corrected chi connectivity index (χ2v) is 4.08. The number of carbonyl (C=O) groups excluding carboxylic acids is 1. The Hall–Kier alpha value is -1.95. The van der Waals surface area contributed by atoms with Gasteiger partial charge in [0.05, 0.1) is 6.42 Å². The van der Waals surface area contributed by atoms with Crippen LogP contribution in [0.1, 0.15) is 12.0 Å². The third kappa shape index (κ3) is 2.33. The summed E-state index contributed by atoms with van der Waals surface area (Å²) < 4.78 is 18.2.